The van der Waals surface area contributed by atoms with Gasteiger partial charge >= 0.3 is 0 Å². The van der Waals surface area contributed by atoms with Crippen LogP contribution < -0.4 is 11.3 Å². The zero-order chi connectivity index (χ0) is 16.0. The first-order valence-electron chi connectivity index (χ1n) is 7.64. The molecule has 1 aromatic carbocycles. The van der Waals surface area contributed by atoms with Crippen LogP contribution in [0, 0.1) is 11.2 Å². The molecular formula is C17H16FN5. The number of benzene rings is 1. The van der Waals surface area contributed by atoms with E-state index in [4.69, 9.17) is 11.3 Å². The summed E-state index contributed by atoms with van der Waals surface area (Å²) in [4.78, 5) is 8.93. The summed E-state index contributed by atoms with van der Waals surface area (Å²) in [5, 5.41) is 8.95. The van der Waals surface area contributed by atoms with Gasteiger partial charge in [-0.2, -0.15) is 0 Å². The summed E-state index contributed by atoms with van der Waals surface area (Å²) in [6.45, 7) is 0. The van der Waals surface area contributed by atoms with Crippen LogP contribution in [-0.4, -0.2) is 14.6 Å². The number of aryl methyl sites for hydroxylation is 1. The lowest BCUT2D eigenvalue weighted by Gasteiger charge is -2.21. The van der Waals surface area contributed by atoms with E-state index in [0.29, 0.717) is 11.0 Å². The van der Waals surface area contributed by atoms with Crippen LogP contribution in [0.4, 0.5) is 4.39 Å². The average Bonchev–Trinajstić information content (AvgIpc) is 2.57. The van der Waals surface area contributed by atoms with E-state index in [9.17, 15) is 4.39 Å². The molecule has 2 aromatic heterocycles. The summed E-state index contributed by atoms with van der Waals surface area (Å²) < 4.78 is 14.5. The van der Waals surface area contributed by atoms with Crippen molar-refractivity contribution in [3.8, 4) is 11.1 Å². The zero-order valence-electron chi connectivity index (χ0n) is 12.5. The van der Waals surface area contributed by atoms with Crippen molar-refractivity contribution in [1.82, 2.24) is 14.6 Å². The number of pyridine rings is 1. The Hall–Kier alpha value is -2.76. The highest BCUT2D eigenvalue weighted by Gasteiger charge is 2.21. The van der Waals surface area contributed by atoms with Gasteiger partial charge in [0.2, 0.25) is 0 Å². The van der Waals surface area contributed by atoms with Gasteiger partial charge in [0, 0.05) is 11.3 Å². The lowest BCUT2D eigenvalue weighted by Crippen LogP contribution is -2.28. The number of hydrogen-bond donors (Lipinski definition) is 2. The lowest BCUT2D eigenvalue weighted by atomic mass is 9.87. The zero-order valence-corrected chi connectivity index (χ0v) is 12.5. The molecule has 0 aliphatic heterocycles. The smallest absolute Gasteiger partial charge is 0.165 e. The van der Waals surface area contributed by atoms with Crippen molar-refractivity contribution in [2.45, 2.75) is 25.7 Å². The molecule has 0 saturated heterocycles. The van der Waals surface area contributed by atoms with E-state index >= 15 is 0 Å². The van der Waals surface area contributed by atoms with Crippen LogP contribution in [0.3, 0.4) is 0 Å². The predicted molar refractivity (Wildman–Crippen MR) is 85.6 cm³/mol. The van der Waals surface area contributed by atoms with Crippen molar-refractivity contribution in [3.63, 3.8) is 0 Å². The maximum absolute atomic E-state index is 13.3. The Morgan fingerprint density at radius 3 is 2.65 bits per heavy atom. The molecule has 6 heteroatoms. The summed E-state index contributed by atoms with van der Waals surface area (Å²) >= 11 is 0. The Labute approximate surface area is 132 Å². The van der Waals surface area contributed by atoms with E-state index < -0.39 is 0 Å². The Morgan fingerprint density at radius 1 is 1.13 bits per heavy atom. The van der Waals surface area contributed by atoms with Crippen molar-refractivity contribution < 1.29 is 4.39 Å². The van der Waals surface area contributed by atoms with Gasteiger partial charge in [-0.25, -0.2) is 19.0 Å². The molecule has 1 aliphatic carbocycles. The van der Waals surface area contributed by atoms with Gasteiger partial charge in [0.05, 0.1) is 5.39 Å². The molecule has 3 N–H and O–H groups in total. The molecule has 116 valence electrons. The Balaban J connectivity index is 2.15. The molecule has 5 nitrogen and oxygen atoms in total. The topological polar surface area (TPSA) is 80.6 Å². The first kappa shape index (κ1) is 13.9. The summed E-state index contributed by atoms with van der Waals surface area (Å²) in [5.74, 6) is 5.53. The number of nitrogens with one attached hydrogen (secondary N) is 1. The fourth-order valence-corrected chi connectivity index (χ4v) is 3.29. The molecule has 0 radical (unpaired) electrons. The third-order valence-corrected chi connectivity index (χ3v) is 4.39. The highest BCUT2D eigenvalue weighted by molar-refractivity contribution is 5.94. The number of fused-ring (bicyclic) bond motifs is 2. The van der Waals surface area contributed by atoms with Crippen LogP contribution in [0.1, 0.15) is 24.1 Å². The number of hydrogen-bond acceptors (Lipinski definition) is 4. The van der Waals surface area contributed by atoms with Gasteiger partial charge in [-0.3, -0.25) is 5.41 Å². The van der Waals surface area contributed by atoms with Crippen LogP contribution in [0.15, 0.2) is 30.6 Å². The van der Waals surface area contributed by atoms with Crippen molar-refractivity contribution in [2.24, 2.45) is 0 Å². The largest absolute Gasteiger partial charge is 0.336 e. The van der Waals surface area contributed by atoms with Gasteiger partial charge in [-0.1, -0.05) is 12.1 Å². The Morgan fingerprint density at radius 2 is 1.87 bits per heavy atom. The normalized spacial score (nSPS) is 14.0. The Bertz CT molecular complexity index is 959. The molecule has 0 bridgehead atoms. The summed E-state index contributed by atoms with van der Waals surface area (Å²) in [6, 6.07) is 6.36. The predicted octanol–water partition coefficient (Wildman–Crippen LogP) is 2.31. The van der Waals surface area contributed by atoms with E-state index in [1.807, 2.05) is 0 Å². The van der Waals surface area contributed by atoms with Crippen molar-refractivity contribution in [1.29, 1.82) is 5.41 Å². The second-order valence-electron chi connectivity index (χ2n) is 5.83. The molecule has 1 aliphatic rings. The van der Waals surface area contributed by atoms with Crippen LogP contribution in [-0.2, 0) is 12.8 Å². The molecule has 0 atom stereocenters. The molecular weight excluding hydrogens is 293 g/mol. The summed E-state index contributed by atoms with van der Waals surface area (Å²) in [6.07, 6.45) is 5.41. The number of aromatic nitrogens is 3. The molecule has 0 unspecified atom stereocenters. The second-order valence-corrected chi connectivity index (χ2v) is 5.83. The number of nitrogens with zero attached hydrogens (tertiary/aromatic N) is 3. The number of halogens is 1. The van der Waals surface area contributed by atoms with Gasteiger partial charge in [-0.05, 0) is 48.9 Å². The van der Waals surface area contributed by atoms with Gasteiger partial charge in [0.1, 0.15) is 12.1 Å². The van der Waals surface area contributed by atoms with Gasteiger partial charge < -0.3 is 5.84 Å². The quantitative estimate of drug-likeness (QED) is 0.677. The minimum atomic E-state index is -0.279. The minimum absolute atomic E-state index is 0.162. The van der Waals surface area contributed by atoms with E-state index in [1.54, 1.807) is 12.1 Å². The number of rotatable bonds is 1. The van der Waals surface area contributed by atoms with Crippen molar-refractivity contribution >= 4 is 11.0 Å². The third kappa shape index (κ3) is 2.18. The molecule has 0 fully saturated rings. The summed E-state index contributed by atoms with van der Waals surface area (Å²) in [7, 11) is 0. The first-order chi connectivity index (χ1) is 11.1. The molecule has 0 amide bonds. The summed E-state index contributed by atoms with van der Waals surface area (Å²) in [5.41, 5.74) is 4.65. The fraction of sp³-hybridized carbons (Fsp3) is 0.235. The van der Waals surface area contributed by atoms with Gasteiger partial charge in [0.15, 0.2) is 11.1 Å². The van der Waals surface area contributed by atoms with Gasteiger partial charge in [0.25, 0.3) is 0 Å². The minimum Gasteiger partial charge on any atom is -0.336 e. The lowest BCUT2D eigenvalue weighted by molar-refractivity contribution is 0.628. The first-order valence-corrected chi connectivity index (χ1v) is 7.64. The van der Waals surface area contributed by atoms with Crippen molar-refractivity contribution in [3.05, 3.63) is 53.2 Å². The maximum Gasteiger partial charge on any atom is 0.165 e. The highest BCUT2D eigenvalue weighted by Crippen LogP contribution is 2.34. The second kappa shape index (κ2) is 5.15. The SMILES string of the molecule is N=c1c2c(-c3ccc(F)cc3)c3c(nc2ncn1N)CCCC3. The maximum atomic E-state index is 13.3. The molecule has 3 aromatic rings. The third-order valence-electron chi connectivity index (χ3n) is 4.39. The fourth-order valence-electron chi connectivity index (χ4n) is 3.29. The van der Waals surface area contributed by atoms with E-state index in [-0.39, 0.29) is 11.3 Å². The van der Waals surface area contributed by atoms with E-state index in [1.165, 1.54) is 23.1 Å². The molecule has 4 rings (SSSR count). The van der Waals surface area contributed by atoms with Crippen LogP contribution in [0.5, 0.6) is 0 Å². The molecule has 0 spiro atoms. The molecule has 0 saturated carbocycles. The van der Waals surface area contributed by atoms with Crippen LogP contribution in [0.2, 0.25) is 0 Å². The van der Waals surface area contributed by atoms with E-state index in [2.05, 4.69) is 9.97 Å². The highest BCUT2D eigenvalue weighted by atomic mass is 19.1. The standard InChI is InChI=1S/C17H16FN5/c18-11-7-5-10(6-8-11)14-12-3-1-2-4-13(12)22-17-15(14)16(19)23(20)9-21-17/h5-9,19H,1-4,20H2. The van der Waals surface area contributed by atoms with E-state index in [0.717, 1.165) is 48.1 Å². The number of nitrogens with two attached hydrogens (primary N) is 1. The average molecular weight is 309 g/mol. The van der Waals surface area contributed by atoms with Gasteiger partial charge in [-0.15, -0.1) is 0 Å². The number of nitrogen functional groups attached to an aromatic ring is 1. The van der Waals surface area contributed by atoms with Crippen LogP contribution >= 0.6 is 0 Å². The molecule has 2 heterocycles. The molecule has 23 heavy (non-hydrogen) atoms. The van der Waals surface area contributed by atoms with Crippen LogP contribution in [0.25, 0.3) is 22.2 Å². The van der Waals surface area contributed by atoms with Crippen molar-refractivity contribution in [2.75, 3.05) is 5.84 Å². The Kier molecular flexibility index (Phi) is 3.11. The monoisotopic (exact) mass is 309 g/mol.